The van der Waals surface area contributed by atoms with Crippen LogP contribution in [0.3, 0.4) is 0 Å². The molecule has 17 heavy (non-hydrogen) atoms. The Labute approximate surface area is 103 Å². The summed E-state index contributed by atoms with van der Waals surface area (Å²) < 4.78 is 11.3. The molecule has 0 radical (unpaired) electrons. The van der Waals surface area contributed by atoms with Crippen LogP contribution in [0, 0.1) is 5.92 Å². The predicted molar refractivity (Wildman–Crippen MR) is 68.4 cm³/mol. The summed E-state index contributed by atoms with van der Waals surface area (Å²) >= 11 is 0. The summed E-state index contributed by atoms with van der Waals surface area (Å²) in [5.74, 6) is 2.15. The highest BCUT2D eigenvalue weighted by Gasteiger charge is 2.38. The number of nitrogens with two attached hydrogens (primary N) is 1. The van der Waals surface area contributed by atoms with E-state index in [9.17, 15) is 0 Å². The Balaban J connectivity index is 2.38. The zero-order chi connectivity index (χ0) is 12.6. The first-order valence-corrected chi connectivity index (χ1v) is 6.09. The molecule has 0 saturated carbocycles. The molecule has 1 aliphatic heterocycles. The highest BCUT2D eigenvalue weighted by molar-refractivity contribution is 5.44. The molecule has 3 heteroatoms. The van der Waals surface area contributed by atoms with E-state index in [1.165, 1.54) is 0 Å². The van der Waals surface area contributed by atoms with Crippen LogP contribution in [0.15, 0.2) is 18.2 Å². The molecule has 0 fully saturated rings. The molecule has 0 aliphatic carbocycles. The van der Waals surface area contributed by atoms with Gasteiger partial charge in [-0.1, -0.05) is 13.8 Å². The maximum Gasteiger partial charge on any atom is 0.125 e. The molecule has 94 valence electrons. The minimum Gasteiger partial charge on any atom is -0.497 e. The van der Waals surface area contributed by atoms with Crippen LogP contribution in [-0.4, -0.2) is 12.7 Å². The van der Waals surface area contributed by atoms with Crippen molar-refractivity contribution in [1.29, 1.82) is 0 Å². The van der Waals surface area contributed by atoms with Crippen LogP contribution in [0.4, 0.5) is 0 Å². The lowest BCUT2D eigenvalue weighted by molar-refractivity contribution is 0.0107. The van der Waals surface area contributed by atoms with Crippen molar-refractivity contribution >= 4 is 0 Å². The Kier molecular flexibility index (Phi) is 3.04. The van der Waals surface area contributed by atoms with Gasteiger partial charge in [0.15, 0.2) is 0 Å². The first kappa shape index (κ1) is 12.2. The zero-order valence-corrected chi connectivity index (χ0v) is 11.0. The highest BCUT2D eigenvalue weighted by Crippen LogP contribution is 2.42. The van der Waals surface area contributed by atoms with E-state index in [1.54, 1.807) is 7.11 Å². The third-order valence-electron chi connectivity index (χ3n) is 3.81. The van der Waals surface area contributed by atoms with Crippen molar-refractivity contribution in [2.24, 2.45) is 11.7 Å². The van der Waals surface area contributed by atoms with Gasteiger partial charge in [-0.15, -0.1) is 0 Å². The van der Waals surface area contributed by atoms with Gasteiger partial charge in [0.1, 0.15) is 17.1 Å². The number of hydrogen-bond donors (Lipinski definition) is 1. The number of hydrogen-bond acceptors (Lipinski definition) is 3. The lowest BCUT2D eigenvalue weighted by atomic mass is 9.81. The quantitative estimate of drug-likeness (QED) is 0.857. The third kappa shape index (κ3) is 2.12. The van der Waals surface area contributed by atoms with Crippen molar-refractivity contribution < 1.29 is 9.47 Å². The van der Waals surface area contributed by atoms with E-state index < -0.39 is 0 Å². The normalized spacial score (nSPS) is 27.5. The van der Waals surface area contributed by atoms with Gasteiger partial charge in [-0.25, -0.2) is 0 Å². The van der Waals surface area contributed by atoms with E-state index >= 15 is 0 Å². The van der Waals surface area contributed by atoms with E-state index in [2.05, 4.69) is 20.8 Å². The molecular weight excluding hydrogens is 214 g/mol. The van der Waals surface area contributed by atoms with Gasteiger partial charge < -0.3 is 15.2 Å². The number of ether oxygens (including phenoxy) is 2. The van der Waals surface area contributed by atoms with Crippen molar-refractivity contribution in [3.63, 3.8) is 0 Å². The van der Waals surface area contributed by atoms with Crippen LogP contribution in [0.25, 0.3) is 0 Å². The number of benzene rings is 1. The summed E-state index contributed by atoms with van der Waals surface area (Å²) in [5, 5.41) is 0. The molecule has 1 aromatic rings. The second-order valence-electron chi connectivity index (χ2n) is 5.28. The summed E-state index contributed by atoms with van der Waals surface area (Å²) in [6.45, 7) is 6.47. The maximum absolute atomic E-state index is 6.25. The fourth-order valence-electron chi connectivity index (χ4n) is 2.23. The van der Waals surface area contributed by atoms with Crippen LogP contribution in [0.5, 0.6) is 11.5 Å². The van der Waals surface area contributed by atoms with Crippen molar-refractivity contribution in [2.75, 3.05) is 7.11 Å². The van der Waals surface area contributed by atoms with Gasteiger partial charge in [-0.2, -0.15) is 0 Å². The Hall–Kier alpha value is -1.22. The Bertz CT molecular complexity index is 417. The second-order valence-corrected chi connectivity index (χ2v) is 5.28. The van der Waals surface area contributed by atoms with E-state index in [-0.39, 0.29) is 11.6 Å². The molecule has 2 atom stereocenters. The van der Waals surface area contributed by atoms with Gasteiger partial charge in [0.2, 0.25) is 0 Å². The monoisotopic (exact) mass is 235 g/mol. The van der Waals surface area contributed by atoms with Crippen molar-refractivity contribution in [3.8, 4) is 11.5 Å². The van der Waals surface area contributed by atoms with Crippen molar-refractivity contribution in [3.05, 3.63) is 23.8 Å². The lowest BCUT2D eigenvalue weighted by Gasteiger charge is -2.41. The summed E-state index contributed by atoms with van der Waals surface area (Å²) in [7, 11) is 1.66. The minimum absolute atomic E-state index is 0.0150. The van der Waals surface area contributed by atoms with Crippen LogP contribution in [0.1, 0.15) is 38.8 Å². The molecule has 0 aromatic heterocycles. The van der Waals surface area contributed by atoms with Gasteiger partial charge in [-0.05, 0) is 31.0 Å². The van der Waals surface area contributed by atoms with Gasteiger partial charge in [0.05, 0.1) is 7.11 Å². The number of rotatable bonds is 2. The average Bonchev–Trinajstić information content (AvgIpc) is 2.28. The molecule has 0 amide bonds. The SMILES string of the molecule is COc1ccc2c(c1)[C@@H](N)CC(C)(C(C)C)O2. The summed E-state index contributed by atoms with van der Waals surface area (Å²) in [6.07, 6.45) is 0.838. The average molecular weight is 235 g/mol. The molecule has 0 spiro atoms. The van der Waals surface area contributed by atoms with E-state index in [0.717, 1.165) is 23.5 Å². The fourth-order valence-corrected chi connectivity index (χ4v) is 2.23. The maximum atomic E-state index is 6.25. The largest absolute Gasteiger partial charge is 0.497 e. The van der Waals surface area contributed by atoms with Crippen molar-refractivity contribution in [1.82, 2.24) is 0 Å². The van der Waals surface area contributed by atoms with Gasteiger partial charge in [-0.3, -0.25) is 0 Å². The summed E-state index contributed by atoms with van der Waals surface area (Å²) in [5.41, 5.74) is 7.11. The Morgan fingerprint density at radius 3 is 2.76 bits per heavy atom. The predicted octanol–water partition coefficient (Wildman–Crippen LogP) is 2.89. The molecular formula is C14H21NO2. The topological polar surface area (TPSA) is 44.5 Å². The standard InChI is InChI=1S/C14H21NO2/c1-9(2)14(3)8-12(15)11-7-10(16-4)5-6-13(11)17-14/h5-7,9,12H,8,15H2,1-4H3/t12-,14?/m0/s1. The van der Waals surface area contributed by atoms with Gasteiger partial charge in [0.25, 0.3) is 0 Å². The van der Waals surface area contributed by atoms with Crippen LogP contribution in [0.2, 0.25) is 0 Å². The first-order valence-electron chi connectivity index (χ1n) is 6.09. The minimum atomic E-state index is -0.180. The van der Waals surface area contributed by atoms with Gasteiger partial charge >= 0.3 is 0 Å². The smallest absolute Gasteiger partial charge is 0.125 e. The second kappa shape index (κ2) is 4.22. The van der Waals surface area contributed by atoms with Crippen LogP contribution in [-0.2, 0) is 0 Å². The molecule has 1 unspecified atom stereocenters. The summed E-state index contributed by atoms with van der Waals surface area (Å²) in [4.78, 5) is 0. The molecule has 1 aromatic carbocycles. The molecule has 2 rings (SSSR count). The zero-order valence-electron chi connectivity index (χ0n) is 11.0. The van der Waals surface area contributed by atoms with Crippen LogP contribution >= 0.6 is 0 Å². The van der Waals surface area contributed by atoms with E-state index in [0.29, 0.717) is 5.92 Å². The molecule has 1 heterocycles. The first-order chi connectivity index (χ1) is 7.96. The van der Waals surface area contributed by atoms with E-state index in [1.807, 2.05) is 18.2 Å². The molecule has 2 N–H and O–H groups in total. The molecule has 0 bridgehead atoms. The third-order valence-corrected chi connectivity index (χ3v) is 3.81. The number of methoxy groups -OCH3 is 1. The highest BCUT2D eigenvalue weighted by atomic mass is 16.5. The number of fused-ring (bicyclic) bond motifs is 1. The Morgan fingerprint density at radius 1 is 1.47 bits per heavy atom. The van der Waals surface area contributed by atoms with E-state index in [4.69, 9.17) is 15.2 Å². The molecule has 0 saturated heterocycles. The van der Waals surface area contributed by atoms with Gasteiger partial charge in [0, 0.05) is 18.0 Å². The molecule has 3 nitrogen and oxygen atoms in total. The lowest BCUT2D eigenvalue weighted by Crippen LogP contribution is -2.44. The summed E-state index contributed by atoms with van der Waals surface area (Å²) in [6, 6.07) is 5.85. The molecule has 1 aliphatic rings. The van der Waals surface area contributed by atoms with Crippen molar-refractivity contribution in [2.45, 2.75) is 38.8 Å². The Morgan fingerprint density at radius 2 is 2.18 bits per heavy atom. The fraction of sp³-hybridized carbons (Fsp3) is 0.571. The van der Waals surface area contributed by atoms with Crippen LogP contribution < -0.4 is 15.2 Å².